The molecule has 2 unspecified atom stereocenters. The normalized spacial score (nSPS) is 13.9. The fraction of sp³-hybridized carbons (Fsp3) is 0.600. The van der Waals surface area contributed by atoms with Crippen LogP contribution in [0.1, 0.15) is 39.7 Å². The molecule has 5 nitrogen and oxygen atoms in total. The van der Waals surface area contributed by atoms with Gasteiger partial charge >= 0.3 is 0 Å². The molecule has 1 rings (SSSR count). The quantitative estimate of drug-likeness (QED) is 0.798. The van der Waals surface area contributed by atoms with Gasteiger partial charge in [-0.15, -0.1) is 0 Å². The summed E-state index contributed by atoms with van der Waals surface area (Å²) in [5.41, 5.74) is 6.44. The van der Waals surface area contributed by atoms with Gasteiger partial charge in [-0.1, -0.05) is 13.8 Å². The van der Waals surface area contributed by atoms with E-state index in [1.165, 1.54) is 0 Å². The first kappa shape index (κ1) is 16.4. The van der Waals surface area contributed by atoms with Gasteiger partial charge in [0.2, 0.25) is 11.8 Å². The molecule has 0 saturated carbocycles. The lowest BCUT2D eigenvalue weighted by molar-refractivity contribution is -0.122. The number of hydrogen-bond donors (Lipinski definition) is 2. The second-order valence-electron chi connectivity index (χ2n) is 5.57. The summed E-state index contributed by atoms with van der Waals surface area (Å²) >= 11 is 0. The minimum absolute atomic E-state index is 0.122. The number of nitrogens with one attached hydrogen (secondary N) is 1. The molecule has 0 aliphatic rings. The summed E-state index contributed by atoms with van der Waals surface area (Å²) in [6.45, 7) is 8.44. The molecule has 0 aliphatic carbocycles. The molecule has 1 heterocycles. The Bertz CT molecular complexity index is 433. The molecule has 1 amide bonds. The molecule has 2 atom stereocenters. The van der Waals surface area contributed by atoms with Crippen molar-refractivity contribution in [3.8, 4) is 5.88 Å². The van der Waals surface area contributed by atoms with E-state index in [9.17, 15) is 4.79 Å². The van der Waals surface area contributed by atoms with Gasteiger partial charge in [0.1, 0.15) is 0 Å². The van der Waals surface area contributed by atoms with Crippen LogP contribution < -0.4 is 15.8 Å². The van der Waals surface area contributed by atoms with Crippen LogP contribution in [0.2, 0.25) is 0 Å². The number of aromatic nitrogens is 1. The standard InChI is InChI=1S/C15H25N3O2/c1-10(2)7-11(3)20-14-8-13(5-6-17-14)9-18-15(19)12(4)16/h5-6,8,10-12H,7,9,16H2,1-4H3,(H,18,19). The van der Waals surface area contributed by atoms with Crippen LogP contribution in [0.4, 0.5) is 0 Å². The zero-order valence-electron chi connectivity index (χ0n) is 12.7. The molecule has 0 aliphatic heterocycles. The van der Waals surface area contributed by atoms with Gasteiger partial charge in [-0.3, -0.25) is 4.79 Å². The first-order chi connectivity index (χ1) is 9.38. The number of carbonyl (C=O) groups is 1. The summed E-state index contributed by atoms with van der Waals surface area (Å²) in [6.07, 6.45) is 2.79. The summed E-state index contributed by atoms with van der Waals surface area (Å²) in [5, 5.41) is 2.76. The number of nitrogens with zero attached hydrogens (tertiary/aromatic N) is 1. The average molecular weight is 279 g/mol. The SMILES string of the molecule is CC(C)CC(C)Oc1cc(CNC(=O)C(C)N)ccn1. The lowest BCUT2D eigenvalue weighted by Crippen LogP contribution is -2.37. The van der Waals surface area contributed by atoms with Crippen LogP contribution in [0.25, 0.3) is 0 Å². The number of ether oxygens (including phenoxy) is 1. The summed E-state index contributed by atoms with van der Waals surface area (Å²) in [5.74, 6) is 1.00. The molecule has 0 radical (unpaired) electrons. The molecule has 1 aromatic rings. The Morgan fingerprint density at radius 2 is 2.10 bits per heavy atom. The van der Waals surface area contributed by atoms with E-state index in [-0.39, 0.29) is 12.0 Å². The molecular weight excluding hydrogens is 254 g/mol. The van der Waals surface area contributed by atoms with Gasteiger partial charge in [-0.2, -0.15) is 0 Å². The molecule has 0 spiro atoms. The maximum absolute atomic E-state index is 11.4. The predicted octanol–water partition coefficient (Wildman–Crippen LogP) is 1.86. The zero-order valence-corrected chi connectivity index (χ0v) is 12.7. The van der Waals surface area contributed by atoms with E-state index >= 15 is 0 Å². The lowest BCUT2D eigenvalue weighted by atomic mass is 10.1. The lowest BCUT2D eigenvalue weighted by Gasteiger charge is -2.16. The van der Waals surface area contributed by atoms with Crippen molar-refractivity contribution in [1.29, 1.82) is 0 Å². The Kier molecular flexibility index (Phi) is 6.45. The maximum Gasteiger partial charge on any atom is 0.236 e. The van der Waals surface area contributed by atoms with E-state index in [1.807, 2.05) is 19.1 Å². The minimum atomic E-state index is -0.501. The fourth-order valence-electron chi connectivity index (χ4n) is 1.89. The molecule has 5 heteroatoms. The van der Waals surface area contributed by atoms with E-state index in [1.54, 1.807) is 13.1 Å². The molecule has 1 aromatic heterocycles. The van der Waals surface area contributed by atoms with Crippen LogP contribution in [0.5, 0.6) is 5.88 Å². The highest BCUT2D eigenvalue weighted by atomic mass is 16.5. The monoisotopic (exact) mass is 279 g/mol. The van der Waals surface area contributed by atoms with Gasteiger partial charge in [0.15, 0.2) is 0 Å². The first-order valence-electron chi connectivity index (χ1n) is 7.03. The van der Waals surface area contributed by atoms with Crippen molar-refractivity contribution in [2.45, 2.75) is 52.8 Å². The van der Waals surface area contributed by atoms with Crippen molar-refractivity contribution in [1.82, 2.24) is 10.3 Å². The summed E-state index contributed by atoms with van der Waals surface area (Å²) in [6, 6.07) is 3.19. The number of pyridine rings is 1. The van der Waals surface area contributed by atoms with Crippen molar-refractivity contribution in [2.75, 3.05) is 0 Å². The number of nitrogens with two attached hydrogens (primary N) is 1. The highest BCUT2D eigenvalue weighted by Crippen LogP contribution is 2.14. The van der Waals surface area contributed by atoms with Gasteiger partial charge in [0.25, 0.3) is 0 Å². The predicted molar refractivity (Wildman–Crippen MR) is 79.3 cm³/mol. The van der Waals surface area contributed by atoms with Crippen LogP contribution in [0.15, 0.2) is 18.3 Å². The van der Waals surface area contributed by atoms with Gasteiger partial charge in [-0.25, -0.2) is 4.98 Å². The largest absolute Gasteiger partial charge is 0.475 e. The van der Waals surface area contributed by atoms with E-state index in [0.717, 1.165) is 12.0 Å². The average Bonchev–Trinajstić information content (AvgIpc) is 2.35. The van der Waals surface area contributed by atoms with Crippen molar-refractivity contribution < 1.29 is 9.53 Å². The highest BCUT2D eigenvalue weighted by molar-refractivity contribution is 5.80. The Balaban J connectivity index is 2.55. The van der Waals surface area contributed by atoms with Gasteiger partial charge < -0.3 is 15.8 Å². The molecule has 3 N–H and O–H groups in total. The molecular formula is C15H25N3O2. The number of amides is 1. The second-order valence-corrected chi connectivity index (χ2v) is 5.57. The molecule has 0 aromatic carbocycles. The van der Waals surface area contributed by atoms with E-state index in [0.29, 0.717) is 18.3 Å². The van der Waals surface area contributed by atoms with Crippen LogP contribution in [-0.2, 0) is 11.3 Å². The molecule has 112 valence electrons. The summed E-state index contributed by atoms with van der Waals surface area (Å²) in [7, 11) is 0. The van der Waals surface area contributed by atoms with Gasteiger partial charge in [0.05, 0.1) is 12.1 Å². The molecule has 0 bridgehead atoms. The van der Waals surface area contributed by atoms with Crippen molar-refractivity contribution in [3.05, 3.63) is 23.9 Å². The van der Waals surface area contributed by atoms with Crippen molar-refractivity contribution in [2.24, 2.45) is 11.7 Å². The van der Waals surface area contributed by atoms with E-state index in [4.69, 9.17) is 10.5 Å². The van der Waals surface area contributed by atoms with Crippen molar-refractivity contribution >= 4 is 5.91 Å². The Morgan fingerprint density at radius 1 is 1.40 bits per heavy atom. The van der Waals surface area contributed by atoms with Crippen LogP contribution in [0.3, 0.4) is 0 Å². The molecule has 20 heavy (non-hydrogen) atoms. The molecule has 0 fully saturated rings. The molecule has 0 saturated heterocycles. The highest BCUT2D eigenvalue weighted by Gasteiger charge is 2.09. The summed E-state index contributed by atoms with van der Waals surface area (Å²) in [4.78, 5) is 15.6. The van der Waals surface area contributed by atoms with Crippen LogP contribution >= 0.6 is 0 Å². The third-order valence-electron chi connectivity index (χ3n) is 2.80. The topological polar surface area (TPSA) is 77.2 Å². The van der Waals surface area contributed by atoms with Gasteiger partial charge in [-0.05, 0) is 37.8 Å². The minimum Gasteiger partial charge on any atom is -0.475 e. The van der Waals surface area contributed by atoms with Crippen molar-refractivity contribution in [3.63, 3.8) is 0 Å². The Hall–Kier alpha value is -1.62. The number of hydrogen-bond acceptors (Lipinski definition) is 4. The third kappa shape index (κ3) is 6.02. The zero-order chi connectivity index (χ0) is 15.1. The Morgan fingerprint density at radius 3 is 2.70 bits per heavy atom. The second kappa shape index (κ2) is 7.85. The maximum atomic E-state index is 11.4. The summed E-state index contributed by atoms with van der Waals surface area (Å²) < 4.78 is 5.77. The van der Waals surface area contributed by atoms with Crippen LogP contribution in [0, 0.1) is 5.92 Å². The van der Waals surface area contributed by atoms with E-state index < -0.39 is 6.04 Å². The van der Waals surface area contributed by atoms with Crippen LogP contribution in [-0.4, -0.2) is 23.0 Å². The number of carbonyl (C=O) groups excluding carboxylic acids is 1. The van der Waals surface area contributed by atoms with E-state index in [2.05, 4.69) is 24.1 Å². The third-order valence-corrected chi connectivity index (χ3v) is 2.80. The smallest absolute Gasteiger partial charge is 0.236 e. The Labute approximate surface area is 120 Å². The van der Waals surface area contributed by atoms with Gasteiger partial charge in [0, 0.05) is 18.8 Å². The fourth-order valence-corrected chi connectivity index (χ4v) is 1.89. The number of rotatable bonds is 7. The first-order valence-corrected chi connectivity index (χ1v) is 7.03.